The van der Waals surface area contributed by atoms with Crippen LogP contribution in [0.3, 0.4) is 0 Å². The normalized spacial score (nSPS) is 17.9. The lowest BCUT2D eigenvalue weighted by atomic mass is 9.89. The number of amides is 2. The lowest BCUT2D eigenvalue weighted by Crippen LogP contribution is -2.50. The van der Waals surface area contributed by atoms with Crippen LogP contribution >= 0.6 is 0 Å². The van der Waals surface area contributed by atoms with E-state index >= 15 is 0 Å². The van der Waals surface area contributed by atoms with Gasteiger partial charge in [0.05, 0.1) is 5.75 Å². The van der Waals surface area contributed by atoms with Gasteiger partial charge in [0.25, 0.3) is 11.8 Å². The molecule has 1 N–H and O–H groups in total. The lowest BCUT2D eigenvalue weighted by Gasteiger charge is -2.34. The van der Waals surface area contributed by atoms with E-state index in [0.29, 0.717) is 30.7 Å². The number of rotatable bonds is 7. The SMILES string of the molecule is Cc1cc(C(=O)N(C)C)ccc1CCS(=O)(=O)N1CCC2(CC1)N=C(/C=C/c1ccccc1)NC2=O. The van der Waals surface area contributed by atoms with E-state index in [2.05, 4.69) is 10.3 Å². The number of carbonyl (C=O) groups excluding carboxylic acids is 2. The number of hydrogen-bond acceptors (Lipinski definition) is 5. The number of aryl methyl sites for hydroxylation is 2. The number of nitrogens with one attached hydrogen (secondary N) is 1. The third-order valence-corrected chi connectivity index (χ3v) is 8.67. The first-order valence-corrected chi connectivity index (χ1v) is 13.6. The molecule has 0 aliphatic carbocycles. The van der Waals surface area contributed by atoms with Gasteiger partial charge in [-0.15, -0.1) is 0 Å². The molecule has 190 valence electrons. The van der Waals surface area contributed by atoms with E-state index in [9.17, 15) is 18.0 Å². The second kappa shape index (κ2) is 10.4. The number of piperidine rings is 1. The van der Waals surface area contributed by atoms with Gasteiger partial charge in [-0.1, -0.05) is 42.5 Å². The molecule has 0 atom stereocenters. The maximum Gasteiger partial charge on any atom is 0.253 e. The molecule has 36 heavy (non-hydrogen) atoms. The minimum Gasteiger partial charge on any atom is -0.345 e. The molecule has 8 nitrogen and oxygen atoms in total. The number of aliphatic imine (C=N–C) groups is 1. The summed E-state index contributed by atoms with van der Waals surface area (Å²) in [6, 6.07) is 15.1. The Bertz CT molecular complexity index is 1310. The molecule has 1 spiro atoms. The summed E-state index contributed by atoms with van der Waals surface area (Å²) in [4.78, 5) is 31.1. The molecule has 2 amide bonds. The Morgan fingerprint density at radius 2 is 1.81 bits per heavy atom. The molecule has 1 fully saturated rings. The largest absolute Gasteiger partial charge is 0.345 e. The molecule has 2 heterocycles. The Kier molecular flexibility index (Phi) is 7.42. The van der Waals surface area contributed by atoms with Crippen LogP contribution in [0.4, 0.5) is 0 Å². The van der Waals surface area contributed by atoms with Gasteiger partial charge in [-0.25, -0.2) is 12.7 Å². The van der Waals surface area contributed by atoms with Gasteiger partial charge in [0.2, 0.25) is 10.0 Å². The molecule has 2 aliphatic rings. The average molecular weight is 509 g/mol. The van der Waals surface area contributed by atoms with Crippen LogP contribution in [-0.4, -0.2) is 73.7 Å². The highest BCUT2D eigenvalue weighted by molar-refractivity contribution is 7.89. The standard InChI is InChI=1S/C27H32N4O4S/c1-20-19-23(25(32)30(2)3)11-10-22(20)13-18-36(34,35)31-16-14-27(15-17-31)26(33)28-24(29-27)12-9-21-7-5-4-6-8-21/h4-12,19H,13-18H2,1-3H3,(H,28,29,33)/b12-9+. The number of nitrogens with zero attached hydrogens (tertiary/aromatic N) is 3. The Hall–Kier alpha value is -3.30. The zero-order chi connectivity index (χ0) is 25.9. The van der Waals surface area contributed by atoms with Crippen LogP contribution in [0.15, 0.2) is 59.6 Å². The van der Waals surface area contributed by atoms with Crippen molar-refractivity contribution < 1.29 is 18.0 Å². The molecular formula is C27H32N4O4S. The number of hydrogen-bond donors (Lipinski definition) is 1. The van der Waals surface area contributed by atoms with Crippen molar-refractivity contribution in [3.05, 3.63) is 76.9 Å². The summed E-state index contributed by atoms with van der Waals surface area (Å²) >= 11 is 0. The van der Waals surface area contributed by atoms with Crippen molar-refractivity contribution in [1.29, 1.82) is 0 Å². The first-order valence-electron chi connectivity index (χ1n) is 12.0. The van der Waals surface area contributed by atoms with Crippen molar-refractivity contribution in [2.45, 2.75) is 31.7 Å². The van der Waals surface area contributed by atoms with Gasteiger partial charge in [-0.2, -0.15) is 0 Å². The molecule has 2 aromatic rings. The zero-order valence-corrected chi connectivity index (χ0v) is 21.7. The fourth-order valence-electron chi connectivity index (χ4n) is 4.57. The molecule has 9 heteroatoms. The highest BCUT2D eigenvalue weighted by Crippen LogP contribution is 2.31. The third kappa shape index (κ3) is 5.57. The minimum atomic E-state index is -3.50. The van der Waals surface area contributed by atoms with Gasteiger partial charge < -0.3 is 10.2 Å². The summed E-state index contributed by atoms with van der Waals surface area (Å²) in [6.45, 7) is 2.40. The topological polar surface area (TPSA) is 99.2 Å². The van der Waals surface area contributed by atoms with E-state index < -0.39 is 15.6 Å². The van der Waals surface area contributed by atoms with Crippen molar-refractivity contribution in [3.8, 4) is 0 Å². The van der Waals surface area contributed by atoms with Crippen molar-refractivity contribution in [3.63, 3.8) is 0 Å². The zero-order valence-electron chi connectivity index (χ0n) is 20.9. The van der Waals surface area contributed by atoms with E-state index in [-0.39, 0.29) is 30.7 Å². The van der Waals surface area contributed by atoms with Gasteiger partial charge in [0.1, 0.15) is 11.4 Å². The average Bonchev–Trinajstić information content (AvgIpc) is 3.16. The molecule has 0 radical (unpaired) electrons. The van der Waals surface area contributed by atoms with Gasteiger partial charge in [0.15, 0.2) is 0 Å². The maximum atomic E-state index is 13.1. The number of carbonyl (C=O) groups is 2. The van der Waals surface area contributed by atoms with Crippen LogP contribution < -0.4 is 5.32 Å². The van der Waals surface area contributed by atoms with E-state index in [0.717, 1.165) is 16.7 Å². The summed E-state index contributed by atoms with van der Waals surface area (Å²) in [7, 11) is -0.102. The molecule has 0 unspecified atom stereocenters. The lowest BCUT2D eigenvalue weighted by molar-refractivity contribution is -0.124. The smallest absolute Gasteiger partial charge is 0.253 e. The summed E-state index contributed by atoms with van der Waals surface area (Å²) in [5, 5.41) is 2.84. The molecule has 4 rings (SSSR count). The van der Waals surface area contributed by atoms with Crippen LogP contribution in [0.25, 0.3) is 6.08 Å². The van der Waals surface area contributed by atoms with Crippen molar-refractivity contribution in [2.24, 2.45) is 4.99 Å². The van der Waals surface area contributed by atoms with Gasteiger partial charge >= 0.3 is 0 Å². The van der Waals surface area contributed by atoms with E-state index in [4.69, 9.17) is 0 Å². The fraction of sp³-hybridized carbons (Fsp3) is 0.370. The summed E-state index contributed by atoms with van der Waals surface area (Å²) in [6.07, 6.45) is 4.73. The minimum absolute atomic E-state index is 0.0255. The van der Waals surface area contributed by atoms with E-state index in [1.165, 1.54) is 9.21 Å². The Labute approximate surface area is 212 Å². The summed E-state index contributed by atoms with van der Waals surface area (Å²) < 4.78 is 27.6. The first-order chi connectivity index (χ1) is 17.1. The van der Waals surface area contributed by atoms with E-state index in [1.807, 2.05) is 49.4 Å². The van der Waals surface area contributed by atoms with Crippen LogP contribution in [0.1, 0.15) is 39.9 Å². The van der Waals surface area contributed by atoms with Gasteiger partial charge in [0, 0.05) is 32.7 Å². The molecule has 2 aliphatic heterocycles. The molecule has 0 aromatic heterocycles. The van der Waals surface area contributed by atoms with Crippen molar-refractivity contribution in [1.82, 2.24) is 14.5 Å². The number of sulfonamides is 1. The second-order valence-electron chi connectivity index (χ2n) is 9.53. The molecule has 0 bridgehead atoms. The highest BCUT2D eigenvalue weighted by Gasteiger charge is 2.46. The summed E-state index contributed by atoms with van der Waals surface area (Å²) in [5.74, 6) is 0.224. The van der Waals surface area contributed by atoms with Crippen LogP contribution in [0.5, 0.6) is 0 Å². The van der Waals surface area contributed by atoms with Crippen molar-refractivity contribution in [2.75, 3.05) is 32.9 Å². The Balaban J connectivity index is 1.36. The predicted octanol–water partition coefficient (Wildman–Crippen LogP) is 2.65. The van der Waals surface area contributed by atoms with Gasteiger partial charge in [-0.05, 0) is 61.1 Å². The predicted molar refractivity (Wildman–Crippen MR) is 141 cm³/mol. The van der Waals surface area contributed by atoms with Gasteiger partial charge in [-0.3, -0.25) is 14.6 Å². The van der Waals surface area contributed by atoms with Crippen LogP contribution in [-0.2, 0) is 21.2 Å². The molecular weight excluding hydrogens is 476 g/mol. The summed E-state index contributed by atoms with van der Waals surface area (Å²) in [5.41, 5.74) is 2.47. The first kappa shape index (κ1) is 25.8. The second-order valence-corrected chi connectivity index (χ2v) is 11.6. The van der Waals surface area contributed by atoms with E-state index in [1.54, 1.807) is 32.3 Å². The quantitative estimate of drug-likeness (QED) is 0.622. The Morgan fingerprint density at radius 1 is 1.11 bits per heavy atom. The maximum absolute atomic E-state index is 13.1. The fourth-order valence-corrected chi connectivity index (χ4v) is 6.04. The number of benzene rings is 2. The third-order valence-electron chi connectivity index (χ3n) is 6.80. The molecule has 2 aromatic carbocycles. The van der Waals surface area contributed by atoms with Crippen LogP contribution in [0.2, 0.25) is 0 Å². The van der Waals surface area contributed by atoms with Crippen molar-refractivity contribution >= 4 is 33.7 Å². The molecule has 1 saturated heterocycles. The highest BCUT2D eigenvalue weighted by atomic mass is 32.2. The monoisotopic (exact) mass is 508 g/mol. The molecule has 0 saturated carbocycles. The number of amidine groups is 1. The Morgan fingerprint density at radius 3 is 2.44 bits per heavy atom. The van der Waals surface area contributed by atoms with Crippen LogP contribution in [0, 0.1) is 6.92 Å².